The Kier molecular flexibility index (Phi) is 6.04. The van der Waals surface area contributed by atoms with E-state index in [0.717, 1.165) is 4.47 Å². The number of primary sulfonamides is 1. The molecule has 0 aliphatic carbocycles. The predicted molar refractivity (Wildman–Crippen MR) is 97.2 cm³/mol. The highest BCUT2D eigenvalue weighted by Crippen LogP contribution is 2.27. The zero-order valence-electron chi connectivity index (χ0n) is 13.5. The Hall–Kier alpha value is -2.10. The van der Waals surface area contributed by atoms with Crippen LogP contribution in [-0.4, -0.2) is 27.5 Å². The van der Waals surface area contributed by atoms with Crippen LogP contribution in [-0.2, 0) is 14.8 Å². The number of nitrogens with two attached hydrogens (primary N) is 1. The van der Waals surface area contributed by atoms with Crippen molar-refractivity contribution in [3.8, 4) is 11.5 Å². The quantitative estimate of drug-likeness (QED) is 0.734. The van der Waals surface area contributed by atoms with Crippen molar-refractivity contribution in [2.75, 3.05) is 12.4 Å². The van der Waals surface area contributed by atoms with Gasteiger partial charge in [0.2, 0.25) is 10.0 Å². The van der Waals surface area contributed by atoms with Gasteiger partial charge in [0.15, 0.2) is 6.10 Å². The predicted octanol–water partition coefficient (Wildman–Crippen LogP) is 2.51. The molecule has 0 aromatic heterocycles. The van der Waals surface area contributed by atoms with Gasteiger partial charge in [-0.25, -0.2) is 13.6 Å². The van der Waals surface area contributed by atoms with Crippen molar-refractivity contribution in [2.45, 2.75) is 17.9 Å². The van der Waals surface area contributed by atoms with E-state index < -0.39 is 22.0 Å². The van der Waals surface area contributed by atoms with Crippen LogP contribution in [0, 0.1) is 0 Å². The molecular weight excluding hydrogens is 412 g/mol. The number of rotatable bonds is 6. The summed E-state index contributed by atoms with van der Waals surface area (Å²) < 4.78 is 34.5. The number of benzene rings is 2. The average Bonchev–Trinajstić information content (AvgIpc) is 2.56. The lowest BCUT2D eigenvalue weighted by atomic mass is 10.2. The van der Waals surface area contributed by atoms with Crippen molar-refractivity contribution in [3.05, 3.63) is 46.9 Å². The molecule has 134 valence electrons. The standard InChI is InChI=1S/C16H17BrN2O5S/c1-10(24-12-5-3-11(17)4-6-12)16(20)19-14-9-13(25(18,21)22)7-8-15(14)23-2/h3-10H,1-2H3,(H,19,20)(H2,18,21,22). The van der Waals surface area contributed by atoms with Gasteiger partial charge in [0.25, 0.3) is 5.91 Å². The first-order chi connectivity index (χ1) is 11.7. The number of nitrogens with one attached hydrogen (secondary N) is 1. The molecule has 0 aliphatic heterocycles. The van der Waals surface area contributed by atoms with E-state index >= 15 is 0 Å². The molecule has 0 fully saturated rings. The fourth-order valence-corrected chi connectivity index (χ4v) is 2.77. The number of carbonyl (C=O) groups excluding carboxylic acids is 1. The van der Waals surface area contributed by atoms with Gasteiger partial charge in [-0.05, 0) is 49.4 Å². The van der Waals surface area contributed by atoms with E-state index in [-0.39, 0.29) is 10.6 Å². The zero-order chi connectivity index (χ0) is 18.6. The number of hydrogen-bond donors (Lipinski definition) is 2. The van der Waals surface area contributed by atoms with Gasteiger partial charge in [0, 0.05) is 4.47 Å². The second kappa shape index (κ2) is 7.85. The van der Waals surface area contributed by atoms with Crippen molar-refractivity contribution in [1.29, 1.82) is 0 Å². The summed E-state index contributed by atoms with van der Waals surface area (Å²) in [6.07, 6.45) is -0.816. The van der Waals surface area contributed by atoms with Crippen LogP contribution in [0.25, 0.3) is 0 Å². The second-order valence-electron chi connectivity index (χ2n) is 5.11. The van der Waals surface area contributed by atoms with Crippen LogP contribution < -0.4 is 19.9 Å². The summed E-state index contributed by atoms with van der Waals surface area (Å²) in [5, 5.41) is 7.70. The minimum Gasteiger partial charge on any atom is -0.495 e. The van der Waals surface area contributed by atoms with Crippen LogP contribution in [0.2, 0.25) is 0 Å². The molecule has 2 aromatic rings. The molecule has 25 heavy (non-hydrogen) atoms. The fourth-order valence-electron chi connectivity index (χ4n) is 1.97. The lowest BCUT2D eigenvalue weighted by Crippen LogP contribution is -2.30. The second-order valence-corrected chi connectivity index (χ2v) is 7.59. The number of amides is 1. The van der Waals surface area contributed by atoms with Gasteiger partial charge in [-0.1, -0.05) is 15.9 Å². The summed E-state index contributed by atoms with van der Waals surface area (Å²) in [7, 11) is -2.50. The highest BCUT2D eigenvalue weighted by atomic mass is 79.9. The van der Waals surface area contributed by atoms with Gasteiger partial charge in [-0.2, -0.15) is 0 Å². The third-order valence-corrected chi connectivity index (χ3v) is 4.69. The van der Waals surface area contributed by atoms with Gasteiger partial charge in [0.05, 0.1) is 17.7 Å². The maximum Gasteiger partial charge on any atom is 0.265 e. The van der Waals surface area contributed by atoms with E-state index in [1.54, 1.807) is 31.2 Å². The maximum atomic E-state index is 12.3. The number of ether oxygens (including phenoxy) is 2. The van der Waals surface area contributed by atoms with Crippen LogP contribution in [0.3, 0.4) is 0 Å². The number of anilines is 1. The molecule has 0 saturated heterocycles. The number of carbonyl (C=O) groups is 1. The molecule has 0 bridgehead atoms. The number of halogens is 1. The van der Waals surface area contributed by atoms with Crippen molar-refractivity contribution in [2.24, 2.45) is 5.14 Å². The van der Waals surface area contributed by atoms with E-state index in [4.69, 9.17) is 14.6 Å². The Morgan fingerprint density at radius 2 is 1.84 bits per heavy atom. The first kappa shape index (κ1) is 19.2. The SMILES string of the molecule is COc1ccc(S(N)(=O)=O)cc1NC(=O)C(C)Oc1ccc(Br)cc1. The smallest absolute Gasteiger partial charge is 0.265 e. The lowest BCUT2D eigenvalue weighted by Gasteiger charge is -2.16. The van der Waals surface area contributed by atoms with Crippen LogP contribution in [0.5, 0.6) is 11.5 Å². The van der Waals surface area contributed by atoms with Crippen molar-refractivity contribution < 1.29 is 22.7 Å². The first-order valence-electron chi connectivity index (χ1n) is 7.14. The molecule has 9 heteroatoms. The number of sulfonamides is 1. The molecule has 1 amide bonds. The summed E-state index contributed by atoms with van der Waals surface area (Å²) in [4.78, 5) is 12.2. The van der Waals surface area contributed by atoms with E-state index in [1.165, 1.54) is 25.3 Å². The normalized spacial score (nSPS) is 12.3. The highest BCUT2D eigenvalue weighted by molar-refractivity contribution is 9.10. The van der Waals surface area contributed by atoms with Crippen LogP contribution in [0.1, 0.15) is 6.92 Å². The van der Waals surface area contributed by atoms with Crippen LogP contribution in [0.4, 0.5) is 5.69 Å². The molecule has 2 aromatic carbocycles. The first-order valence-corrected chi connectivity index (χ1v) is 9.48. The molecule has 0 radical (unpaired) electrons. The molecular formula is C16H17BrN2O5S. The Balaban J connectivity index is 2.17. The Morgan fingerprint density at radius 1 is 1.20 bits per heavy atom. The monoisotopic (exact) mass is 428 g/mol. The highest BCUT2D eigenvalue weighted by Gasteiger charge is 2.19. The molecule has 1 atom stereocenters. The van der Waals surface area contributed by atoms with Gasteiger partial charge in [-0.3, -0.25) is 4.79 Å². The van der Waals surface area contributed by atoms with E-state index in [1.807, 2.05) is 0 Å². The Morgan fingerprint density at radius 3 is 2.40 bits per heavy atom. The third-order valence-electron chi connectivity index (χ3n) is 3.25. The molecule has 0 heterocycles. The topological polar surface area (TPSA) is 108 Å². The van der Waals surface area contributed by atoms with Gasteiger partial charge in [-0.15, -0.1) is 0 Å². The maximum absolute atomic E-state index is 12.3. The molecule has 0 spiro atoms. The summed E-state index contributed by atoms with van der Waals surface area (Å²) >= 11 is 3.32. The average molecular weight is 429 g/mol. The molecule has 2 rings (SSSR count). The summed E-state index contributed by atoms with van der Waals surface area (Å²) in [5.74, 6) is 0.362. The minimum absolute atomic E-state index is 0.134. The van der Waals surface area contributed by atoms with E-state index in [0.29, 0.717) is 11.5 Å². The molecule has 3 N–H and O–H groups in total. The van der Waals surface area contributed by atoms with E-state index in [2.05, 4.69) is 21.2 Å². The number of hydrogen-bond acceptors (Lipinski definition) is 5. The molecule has 0 aliphatic rings. The molecule has 7 nitrogen and oxygen atoms in total. The van der Waals surface area contributed by atoms with Gasteiger partial charge in [0.1, 0.15) is 11.5 Å². The summed E-state index contributed by atoms with van der Waals surface area (Å²) in [5.41, 5.74) is 0.185. The van der Waals surface area contributed by atoms with Crippen molar-refractivity contribution >= 4 is 37.5 Å². The van der Waals surface area contributed by atoms with Crippen molar-refractivity contribution in [3.63, 3.8) is 0 Å². The van der Waals surface area contributed by atoms with Crippen molar-refractivity contribution in [1.82, 2.24) is 0 Å². The summed E-state index contributed by atoms with van der Waals surface area (Å²) in [6, 6.07) is 11.0. The summed E-state index contributed by atoms with van der Waals surface area (Å²) in [6.45, 7) is 1.58. The minimum atomic E-state index is -3.90. The Labute approximate surface area is 154 Å². The largest absolute Gasteiger partial charge is 0.495 e. The van der Waals surface area contributed by atoms with Crippen LogP contribution in [0.15, 0.2) is 51.8 Å². The van der Waals surface area contributed by atoms with E-state index in [9.17, 15) is 13.2 Å². The molecule has 0 saturated carbocycles. The van der Waals surface area contributed by atoms with Gasteiger partial charge < -0.3 is 14.8 Å². The Bertz CT molecular complexity index is 869. The number of methoxy groups -OCH3 is 1. The molecule has 1 unspecified atom stereocenters. The third kappa shape index (κ3) is 5.18. The van der Waals surface area contributed by atoms with Gasteiger partial charge >= 0.3 is 0 Å². The van der Waals surface area contributed by atoms with Crippen LogP contribution >= 0.6 is 15.9 Å². The fraction of sp³-hybridized carbons (Fsp3) is 0.188. The zero-order valence-corrected chi connectivity index (χ0v) is 15.9. The lowest BCUT2D eigenvalue weighted by molar-refractivity contribution is -0.122.